The molecule has 2 aromatic carbocycles. The summed E-state index contributed by atoms with van der Waals surface area (Å²) >= 11 is 0. The van der Waals surface area contributed by atoms with Gasteiger partial charge in [-0.1, -0.05) is 17.7 Å². The number of nitro benzene ring substituents is 1. The van der Waals surface area contributed by atoms with Gasteiger partial charge in [0.15, 0.2) is 0 Å². The third-order valence-electron chi connectivity index (χ3n) is 2.86. The molecule has 2 aromatic rings. The summed E-state index contributed by atoms with van der Waals surface area (Å²) < 4.78 is 13.8. The summed E-state index contributed by atoms with van der Waals surface area (Å²) in [6.07, 6.45) is 0. The minimum Gasteiger partial charge on any atom is -0.477 e. The zero-order valence-electron chi connectivity index (χ0n) is 10.5. The molecular weight excluding hydrogens is 265 g/mol. The number of hydrogen-bond acceptors (Lipinski definition) is 3. The fourth-order valence-electron chi connectivity index (χ4n) is 1.89. The predicted molar refractivity (Wildman–Crippen MR) is 70.2 cm³/mol. The van der Waals surface area contributed by atoms with E-state index in [4.69, 9.17) is 5.11 Å². The first kappa shape index (κ1) is 13.7. The Labute approximate surface area is 113 Å². The Morgan fingerprint density at radius 1 is 1.25 bits per heavy atom. The Kier molecular flexibility index (Phi) is 3.47. The topological polar surface area (TPSA) is 80.4 Å². The molecule has 2 rings (SSSR count). The van der Waals surface area contributed by atoms with Crippen molar-refractivity contribution in [3.63, 3.8) is 0 Å². The minimum atomic E-state index is -1.40. The molecule has 0 aliphatic carbocycles. The van der Waals surface area contributed by atoms with E-state index < -0.39 is 28.0 Å². The highest BCUT2D eigenvalue weighted by Gasteiger charge is 2.21. The molecule has 0 unspecified atom stereocenters. The Morgan fingerprint density at radius 2 is 1.95 bits per heavy atom. The van der Waals surface area contributed by atoms with Crippen LogP contribution in [0.5, 0.6) is 0 Å². The van der Waals surface area contributed by atoms with Crippen molar-refractivity contribution in [1.82, 2.24) is 0 Å². The van der Waals surface area contributed by atoms with Gasteiger partial charge in [-0.2, -0.15) is 0 Å². The largest absolute Gasteiger partial charge is 0.477 e. The molecule has 1 N–H and O–H groups in total. The van der Waals surface area contributed by atoms with Crippen molar-refractivity contribution < 1.29 is 19.2 Å². The average molecular weight is 275 g/mol. The number of carboxylic acids is 1. The number of carboxylic acid groups (broad SMARTS) is 1. The molecule has 5 nitrogen and oxygen atoms in total. The van der Waals surface area contributed by atoms with Crippen LogP contribution in [-0.2, 0) is 0 Å². The molecule has 102 valence electrons. The first-order valence-electron chi connectivity index (χ1n) is 5.68. The van der Waals surface area contributed by atoms with Crippen molar-refractivity contribution in [2.45, 2.75) is 6.92 Å². The summed E-state index contributed by atoms with van der Waals surface area (Å²) in [5.74, 6) is -1.92. The highest BCUT2D eigenvalue weighted by molar-refractivity contribution is 5.93. The summed E-state index contributed by atoms with van der Waals surface area (Å²) in [5.41, 5.74) is 0.280. The van der Waals surface area contributed by atoms with Crippen LogP contribution in [0.1, 0.15) is 15.9 Å². The predicted octanol–water partition coefficient (Wildman–Crippen LogP) is 3.41. The molecule has 0 saturated heterocycles. The number of aromatic carboxylic acids is 1. The summed E-state index contributed by atoms with van der Waals surface area (Å²) in [4.78, 5) is 21.0. The maximum absolute atomic E-state index is 13.8. The fraction of sp³-hybridized carbons (Fsp3) is 0.0714. The van der Waals surface area contributed by atoms with E-state index in [1.165, 1.54) is 12.1 Å². The summed E-state index contributed by atoms with van der Waals surface area (Å²) in [6, 6.07) is 7.93. The van der Waals surface area contributed by atoms with Crippen LogP contribution in [0.3, 0.4) is 0 Å². The third kappa shape index (κ3) is 2.49. The zero-order valence-corrected chi connectivity index (χ0v) is 10.5. The molecule has 0 aliphatic rings. The zero-order chi connectivity index (χ0) is 14.9. The van der Waals surface area contributed by atoms with Crippen LogP contribution in [0.15, 0.2) is 36.4 Å². The molecule has 0 amide bonds. The van der Waals surface area contributed by atoms with Crippen LogP contribution < -0.4 is 0 Å². The third-order valence-corrected chi connectivity index (χ3v) is 2.86. The lowest BCUT2D eigenvalue weighted by Crippen LogP contribution is -2.02. The smallest absolute Gasteiger partial charge is 0.342 e. The Hall–Kier alpha value is -2.76. The van der Waals surface area contributed by atoms with Crippen LogP contribution in [0.2, 0.25) is 0 Å². The van der Waals surface area contributed by atoms with Gasteiger partial charge in [-0.25, -0.2) is 9.18 Å². The highest BCUT2D eigenvalue weighted by Crippen LogP contribution is 2.29. The molecule has 0 spiro atoms. The van der Waals surface area contributed by atoms with Gasteiger partial charge in [-0.15, -0.1) is 0 Å². The SMILES string of the molecule is Cc1ccc(F)c(-c2ccc(C(=O)O)c([N+](=O)[O-])c2)c1. The second-order valence-corrected chi connectivity index (χ2v) is 4.28. The number of rotatable bonds is 3. The van der Waals surface area contributed by atoms with Gasteiger partial charge in [0.05, 0.1) is 4.92 Å². The van der Waals surface area contributed by atoms with Crippen LogP contribution in [0, 0.1) is 22.9 Å². The Balaban J connectivity index is 2.65. The first-order valence-corrected chi connectivity index (χ1v) is 5.68. The van der Waals surface area contributed by atoms with Crippen molar-refractivity contribution in [2.75, 3.05) is 0 Å². The first-order chi connectivity index (χ1) is 9.40. The van der Waals surface area contributed by atoms with E-state index in [1.54, 1.807) is 19.1 Å². The number of hydrogen-bond donors (Lipinski definition) is 1. The molecule has 6 heteroatoms. The minimum absolute atomic E-state index is 0.199. The molecule has 0 aromatic heterocycles. The fourth-order valence-corrected chi connectivity index (χ4v) is 1.89. The maximum atomic E-state index is 13.8. The Morgan fingerprint density at radius 3 is 2.55 bits per heavy atom. The number of halogens is 1. The van der Waals surface area contributed by atoms with Gasteiger partial charge in [0, 0.05) is 11.6 Å². The number of benzene rings is 2. The molecule has 0 heterocycles. The monoisotopic (exact) mass is 275 g/mol. The normalized spacial score (nSPS) is 10.3. The van der Waals surface area contributed by atoms with Crippen molar-refractivity contribution in [3.8, 4) is 11.1 Å². The van der Waals surface area contributed by atoms with Gasteiger partial charge in [0.25, 0.3) is 5.69 Å². The van der Waals surface area contributed by atoms with E-state index in [0.717, 1.165) is 17.7 Å². The standard InChI is InChI=1S/C14H10FNO4/c1-8-2-5-12(15)11(6-8)9-3-4-10(14(17)18)13(7-9)16(19)20/h2-7H,1H3,(H,17,18). The molecule has 0 fully saturated rings. The molecule has 0 saturated carbocycles. The van der Waals surface area contributed by atoms with Crippen LogP contribution in [0.4, 0.5) is 10.1 Å². The van der Waals surface area contributed by atoms with Gasteiger partial charge in [0.1, 0.15) is 11.4 Å². The molecule has 0 aliphatic heterocycles. The van der Waals surface area contributed by atoms with E-state index in [1.807, 2.05) is 0 Å². The van der Waals surface area contributed by atoms with Crippen LogP contribution in [-0.4, -0.2) is 16.0 Å². The van der Waals surface area contributed by atoms with Gasteiger partial charge >= 0.3 is 5.97 Å². The lowest BCUT2D eigenvalue weighted by Gasteiger charge is -2.06. The second kappa shape index (κ2) is 5.08. The van der Waals surface area contributed by atoms with Gasteiger partial charge in [-0.05, 0) is 30.7 Å². The van der Waals surface area contributed by atoms with Crippen LogP contribution >= 0.6 is 0 Å². The van der Waals surface area contributed by atoms with Crippen molar-refractivity contribution >= 4 is 11.7 Å². The van der Waals surface area contributed by atoms with E-state index >= 15 is 0 Å². The van der Waals surface area contributed by atoms with Crippen LogP contribution in [0.25, 0.3) is 11.1 Å². The molecule has 0 radical (unpaired) electrons. The summed E-state index contributed by atoms with van der Waals surface area (Å²) in [5, 5.41) is 19.8. The van der Waals surface area contributed by atoms with Gasteiger partial charge < -0.3 is 5.11 Å². The van der Waals surface area contributed by atoms with E-state index in [9.17, 15) is 19.3 Å². The van der Waals surface area contributed by atoms with Crippen molar-refractivity contribution in [2.24, 2.45) is 0 Å². The maximum Gasteiger partial charge on any atom is 0.342 e. The highest BCUT2D eigenvalue weighted by atomic mass is 19.1. The molecular formula is C14H10FNO4. The van der Waals surface area contributed by atoms with E-state index in [-0.39, 0.29) is 11.1 Å². The summed E-state index contributed by atoms with van der Waals surface area (Å²) in [7, 11) is 0. The number of aryl methyl sites for hydroxylation is 1. The number of nitrogens with zero attached hydrogens (tertiary/aromatic N) is 1. The summed E-state index contributed by atoms with van der Waals surface area (Å²) in [6.45, 7) is 1.77. The van der Waals surface area contributed by atoms with Crippen molar-refractivity contribution in [1.29, 1.82) is 0 Å². The lowest BCUT2D eigenvalue weighted by atomic mass is 10.0. The average Bonchev–Trinajstić information content (AvgIpc) is 2.40. The molecule has 0 bridgehead atoms. The Bertz CT molecular complexity index is 712. The van der Waals surface area contributed by atoms with E-state index in [2.05, 4.69) is 0 Å². The number of nitro groups is 1. The molecule has 0 atom stereocenters. The van der Waals surface area contributed by atoms with Crippen molar-refractivity contribution in [3.05, 3.63) is 63.5 Å². The number of carbonyl (C=O) groups is 1. The van der Waals surface area contributed by atoms with E-state index in [0.29, 0.717) is 0 Å². The lowest BCUT2D eigenvalue weighted by molar-refractivity contribution is -0.385. The quantitative estimate of drug-likeness (QED) is 0.687. The van der Waals surface area contributed by atoms with Gasteiger partial charge in [-0.3, -0.25) is 10.1 Å². The van der Waals surface area contributed by atoms with Gasteiger partial charge in [0.2, 0.25) is 0 Å². The molecule has 20 heavy (non-hydrogen) atoms. The second-order valence-electron chi connectivity index (χ2n) is 4.28.